The average Bonchev–Trinajstić information content (AvgIpc) is 2.53. The third kappa shape index (κ3) is 9.68. The molecule has 0 aliphatic carbocycles. The zero-order chi connectivity index (χ0) is 17.8. The summed E-state index contributed by atoms with van der Waals surface area (Å²) in [6.07, 6.45) is -2.55. The fourth-order valence-electron chi connectivity index (χ4n) is 1.69. The number of halogens is 4. The molecule has 1 heterocycles. The number of pyridine rings is 1. The third-order valence-electron chi connectivity index (χ3n) is 2.88. The Hall–Kier alpha value is -0.540. The predicted molar refractivity (Wildman–Crippen MR) is 87.8 cm³/mol. The second-order valence-corrected chi connectivity index (χ2v) is 6.16. The van der Waals surface area contributed by atoms with Gasteiger partial charge in [-0.05, 0) is 18.6 Å². The molecular formula is C15H21ClF3NO3S. The molecule has 0 aliphatic rings. The zero-order valence-corrected chi connectivity index (χ0v) is 15.0. The summed E-state index contributed by atoms with van der Waals surface area (Å²) in [5.41, 5.74) is 1.96. The quantitative estimate of drug-likeness (QED) is 0.309. The summed E-state index contributed by atoms with van der Waals surface area (Å²) in [7, 11) is 0. The lowest BCUT2D eigenvalue weighted by Gasteiger charge is -2.09. The van der Waals surface area contributed by atoms with Gasteiger partial charge in [-0.2, -0.15) is 13.2 Å². The molecule has 138 valence electrons. The van der Waals surface area contributed by atoms with E-state index in [9.17, 15) is 13.2 Å². The highest BCUT2D eigenvalue weighted by Crippen LogP contribution is 2.24. The lowest BCUT2D eigenvalue weighted by atomic mass is 10.2. The van der Waals surface area contributed by atoms with Gasteiger partial charge in [-0.1, -0.05) is 0 Å². The molecule has 1 aromatic rings. The first-order valence-corrected chi connectivity index (χ1v) is 8.89. The van der Waals surface area contributed by atoms with E-state index in [2.05, 4.69) is 9.72 Å². The van der Waals surface area contributed by atoms with Crippen molar-refractivity contribution in [2.24, 2.45) is 0 Å². The monoisotopic (exact) mass is 387 g/mol. The van der Waals surface area contributed by atoms with Crippen LogP contribution in [-0.4, -0.2) is 56.6 Å². The summed E-state index contributed by atoms with van der Waals surface area (Å²) >= 11 is 7.48. The first-order chi connectivity index (χ1) is 11.4. The summed E-state index contributed by atoms with van der Waals surface area (Å²) in [6, 6.07) is 1.94. The Morgan fingerprint density at radius 3 is 2.33 bits per heavy atom. The van der Waals surface area contributed by atoms with E-state index in [1.54, 1.807) is 18.0 Å². The van der Waals surface area contributed by atoms with Crippen LogP contribution in [0.2, 0.25) is 0 Å². The Morgan fingerprint density at radius 1 is 1.08 bits per heavy atom. The van der Waals surface area contributed by atoms with Crippen LogP contribution in [0, 0.1) is 6.92 Å². The fourth-order valence-corrected chi connectivity index (χ4v) is 2.87. The Labute approximate surface area is 149 Å². The van der Waals surface area contributed by atoms with E-state index in [-0.39, 0.29) is 13.2 Å². The van der Waals surface area contributed by atoms with E-state index in [4.69, 9.17) is 21.1 Å². The van der Waals surface area contributed by atoms with Gasteiger partial charge in [0.15, 0.2) is 0 Å². The van der Waals surface area contributed by atoms with Crippen molar-refractivity contribution >= 4 is 23.4 Å². The van der Waals surface area contributed by atoms with Gasteiger partial charge in [0.25, 0.3) is 0 Å². The lowest BCUT2D eigenvalue weighted by Crippen LogP contribution is -2.19. The predicted octanol–water partition coefficient (Wildman–Crippen LogP) is 3.83. The molecule has 0 N–H and O–H groups in total. The Kier molecular flexibility index (Phi) is 10.7. The molecule has 0 saturated carbocycles. The van der Waals surface area contributed by atoms with Crippen LogP contribution >= 0.6 is 23.4 Å². The summed E-state index contributed by atoms with van der Waals surface area (Å²) < 4.78 is 50.3. The molecule has 0 aliphatic heterocycles. The van der Waals surface area contributed by atoms with Crippen LogP contribution in [-0.2, 0) is 20.1 Å². The van der Waals surface area contributed by atoms with Gasteiger partial charge in [-0.15, -0.1) is 23.4 Å². The van der Waals surface area contributed by atoms with E-state index < -0.39 is 12.8 Å². The van der Waals surface area contributed by atoms with Crippen LogP contribution in [0.25, 0.3) is 0 Å². The molecule has 0 radical (unpaired) electrons. The van der Waals surface area contributed by atoms with Crippen molar-refractivity contribution in [3.63, 3.8) is 0 Å². The third-order valence-corrected chi connectivity index (χ3v) is 4.26. The second kappa shape index (κ2) is 11.9. The maximum absolute atomic E-state index is 11.8. The van der Waals surface area contributed by atoms with Gasteiger partial charge in [0.05, 0.1) is 44.6 Å². The van der Waals surface area contributed by atoms with Crippen LogP contribution in [0.4, 0.5) is 13.2 Å². The Morgan fingerprint density at radius 2 is 1.71 bits per heavy atom. The van der Waals surface area contributed by atoms with Crippen molar-refractivity contribution in [2.75, 3.05) is 45.4 Å². The van der Waals surface area contributed by atoms with Gasteiger partial charge < -0.3 is 14.2 Å². The van der Waals surface area contributed by atoms with E-state index in [0.29, 0.717) is 25.7 Å². The molecule has 0 unspecified atom stereocenters. The smallest absolute Gasteiger partial charge is 0.378 e. The molecule has 4 nitrogen and oxygen atoms in total. The normalized spacial score (nSPS) is 11.9. The second-order valence-electron chi connectivity index (χ2n) is 4.76. The lowest BCUT2D eigenvalue weighted by molar-refractivity contribution is -0.176. The molecule has 1 rings (SSSR count). The van der Waals surface area contributed by atoms with Crippen LogP contribution in [0.3, 0.4) is 0 Å². The number of nitrogens with zero attached hydrogens (tertiary/aromatic N) is 1. The number of ether oxygens (including phenoxy) is 3. The van der Waals surface area contributed by atoms with Crippen LogP contribution in [0.1, 0.15) is 11.3 Å². The minimum Gasteiger partial charge on any atom is -0.378 e. The molecule has 0 saturated heterocycles. The van der Waals surface area contributed by atoms with Crippen molar-refractivity contribution in [2.45, 2.75) is 23.9 Å². The topological polar surface area (TPSA) is 40.6 Å². The number of alkyl halides is 4. The summed E-state index contributed by atoms with van der Waals surface area (Å²) in [4.78, 5) is 5.33. The van der Waals surface area contributed by atoms with Crippen molar-refractivity contribution in [1.29, 1.82) is 0 Å². The highest BCUT2D eigenvalue weighted by molar-refractivity contribution is 7.99. The van der Waals surface area contributed by atoms with Crippen LogP contribution < -0.4 is 0 Å². The number of aromatic nitrogens is 1. The van der Waals surface area contributed by atoms with Gasteiger partial charge in [0.2, 0.25) is 0 Å². The minimum absolute atomic E-state index is 0.0837. The SMILES string of the molecule is Cc1c(SCCOCCOCCOCC(F)(F)F)ccnc1CCl. The Bertz CT molecular complexity index is 478. The molecule has 0 fully saturated rings. The number of hydrogen-bond acceptors (Lipinski definition) is 5. The average molecular weight is 388 g/mol. The van der Waals surface area contributed by atoms with Crippen molar-refractivity contribution < 1.29 is 27.4 Å². The summed E-state index contributed by atoms with van der Waals surface area (Å²) in [6.45, 7) is 2.04. The molecule has 0 spiro atoms. The van der Waals surface area contributed by atoms with Gasteiger partial charge in [-0.25, -0.2) is 0 Å². The molecule has 24 heavy (non-hydrogen) atoms. The van der Waals surface area contributed by atoms with Crippen LogP contribution in [0.15, 0.2) is 17.2 Å². The maximum atomic E-state index is 11.8. The van der Waals surface area contributed by atoms with Gasteiger partial charge in [0, 0.05) is 16.8 Å². The van der Waals surface area contributed by atoms with E-state index in [1.807, 2.05) is 13.0 Å². The van der Waals surface area contributed by atoms with Crippen molar-refractivity contribution in [3.8, 4) is 0 Å². The minimum atomic E-state index is -4.29. The van der Waals surface area contributed by atoms with E-state index >= 15 is 0 Å². The zero-order valence-electron chi connectivity index (χ0n) is 13.4. The molecule has 1 aromatic heterocycles. The summed E-state index contributed by atoms with van der Waals surface area (Å²) in [5, 5.41) is 0. The first kappa shape index (κ1) is 21.5. The molecule has 0 amide bonds. The molecule has 0 aromatic carbocycles. The van der Waals surface area contributed by atoms with Crippen LogP contribution in [0.5, 0.6) is 0 Å². The number of rotatable bonds is 12. The summed E-state index contributed by atoms with van der Waals surface area (Å²) in [5.74, 6) is 1.17. The fraction of sp³-hybridized carbons (Fsp3) is 0.667. The first-order valence-electron chi connectivity index (χ1n) is 7.37. The largest absolute Gasteiger partial charge is 0.411 e. The molecule has 0 atom stereocenters. The molecule has 9 heteroatoms. The molecular weight excluding hydrogens is 367 g/mol. The Balaban J connectivity index is 1.98. The van der Waals surface area contributed by atoms with Gasteiger partial charge in [-0.3, -0.25) is 4.98 Å². The highest BCUT2D eigenvalue weighted by Gasteiger charge is 2.27. The molecule has 0 bridgehead atoms. The number of thioether (sulfide) groups is 1. The van der Waals surface area contributed by atoms with E-state index in [0.717, 1.165) is 21.9 Å². The maximum Gasteiger partial charge on any atom is 0.411 e. The highest BCUT2D eigenvalue weighted by atomic mass is 35.5. The van der Waals surface area contributed by atoms with E-state index in [1.165, 1.54) is 0 Å². The van der Waals surface area contributed by atoms with Crippen molar-refractivity contribution in [3.05, 3.63) is 23.5 Å². The van der Waals surface area contributed by atoms with Gasteiger partial charge in [0.1, 0.15) is 6.61 Å². The van der Waals surface area contributed by atoms with Crippen molar-refractivity contribution in [1.82, 2.24) is 4.98 Å². The standard InChI is InChI=1S/C15H21ClF3NO3S/c1-12-13(10-16)20-3-2-14(12)24-9-8-22-5-4-21-6-7-23-11-15(17,18)19/h2-3H,4-11H2,1H3. The van der Waals surface area contributed by atoms with Gasteiger partial charge >= 0.3 is 6.18 Å². The number of hydrogen-bond donors (Lipinski definition) is 0.